The monoisotopic (exact) mass is 228 g/mol. The highest BCUT2D eigenvalue weighted by Crippen LogP contribution is 2.34. The van der Waals surface area contributed by atoms with Crippen LogP contribution >= 0.6 is 0 Å². The Morgan fingerprint density at radius 1 is 1.18 bits per heavy atom. The number of esters is 1. The number of hydrogen-bond acceptors (Lipinski definition) is 4. The van der Waals surface area contributed by atoms with Crippen molar-refractivity contribution in [3.05, 3.63) is 43.0 Å². The van der Waals surface area contributed by atoms with Crippen LogP contribution in [-0.2, 0) is 4.79 Å². The number of benzene rings is 2. The zero-order valence-electron chi connectivity index (χ0n) is 9.14. The molecule has 0 unspecified atom stereocenters. The van der Waals surface area contributed by atoms with Gasteiger partial charge in [0.2, 0.25) is 0 Å². The van der Waals surface area contributed by atoms with Gasteiger partial charge in [-0.05, 0) is 18.2 Å². The molecule has 4 N–H and O–H groups in total. The Labute approximate surface area is 98.5 Å². The van der Waals surface area contributed by atoms with Crippen LogP contribution in [-0.4, -0.2) is 5.97 Å². The standard InChI is InChI=1S/C13H12N2O2/c1-2-12(16)17-11-5-3-4-8-9(14)6-7-10(15)13(8)11/h2-7H,1,14-15H2. The molecule has 4 heteroatoms. The molecule has 0 bridgehead atoms. The molecular formula is C13H12N2O2. The molecule has 0 saturated heterocycles. The molecule has 2 aromatic carbocycles. The van der Waals surface area contributed by atoms with Crippen molar-refractivity contribution in [2.75, 3.05) is 11.5 Å². The predicted octanol–water partition coefficient (Wildman–Crippen LogP) is 2.10. The van der Waals surface area contributed by atoms with Crippen molar-refractivity contribution in [3.63, 3.8) is 0 Å². The van der Waals surface area contributed by atoms with Crippen molar-refractivity contribution in [1.29, 1.82) is 0 Å². The molecule has 0 aliphatic heterocycles. The largest absolute Gasteiger partial charge is 0.423 e. The van der Waals surface area contributed by atoms with Crippen molar-refractivity contribution in [1.82, 2.24) is 0 Å². The molecule has 2 rings (SSSR count). The van der Waals surface area contributed by atoms with Gasteiger partial charge in [0.15, 0.2) is 0 Å². The summed E-state index contributed by atoms with van der Waals surface area (Å²) in [6.45, 7) is 3.35. The van der Waals surface area contributed by atoms with Gasteiger partial charge in [-0.15, -0.1) is 0 Å². The van der Waals surface area contributed by atoms with Crippen LogP contribution in [0.15, 0.2) is 43.0 Å². The van der Waals surface area contributed by atoms with Crippen LogP contribution in [0.3, 0.4) is 0 Å². The summed E-state index contributed by atoms with van der Waals surface area (Å²) in [5.74, 6) is -0.142. The second-order valence-corrected chi connectivity index (χ2v) is 3.55. The van der Waals surface area contributed by atoms with E-state index in [-0.39, 0.29) is 0 Å². The molecule has 0 saturated carbocycles. The molecule has 0 aromatic heterocycles. The minimum absolute atomic E-state index is 0.386. The van der Waals surface area contributed by atoms with Crippen LogP contribution < -0.4 is 16.2 Å². The lowest BCUT2D eigenvalue weighted by Gasteiger charge is -2.10. The fourth-order valence-corrected chi connectivity index (χ4v) is 1.66. The maximum atomic E-state index is 11.2. The molecule has 0 fully saturated rings. The van der Waals surface area contributed by atoms with Crippen molar-refractivity contribution < 1.29 is 9.53 Å². The topological polar surface area (TPSA) is 78.3 Å². The third-order valence-electron chi connectivity index (χ3n) is 2.45. The summed E-state index contributed by atoms with van der Waals surface area (Å²) in [5.41, 5.74) is 12.8. The highest BCUT2D eigenvalue weighted by atomic mass is 16.5. The number of anilines is 2. The number of hydrogen-bond donors (Lipinski definition) is 2. The average Bonchev–Trinajstić information content (AvgIpc) is 2.34. The third-order valence-corrected chi connectivity index (χ3v) is 2.45. The molecule has 0 amide bonds. The van der Waals surface area contributed by atoms with Crippen LogP contribution in [0.25, 0.3) is 10.8 Å². The first-order valence-electron chi connectivity index (χ1n) is 5.04. The van der Waals surface area contributed by atoms with Gasteiger partial charge >= 0.3 is 5.97 Å². The number of rotatable bonds is 2. The van der Waals surface area contributed by atoms with Gasteiger partial charge < -0.3 is 16.2 Å². The molecule has 4 nitrogen and oxygen atoms in total. The van der Waals surface area contributed by atoms with E-state index in [1.807, 2.05) is 6.07 Å². The van der Waals surface area contributed by atoms with Crippen molar-refractivity contribution >= 4 is 28.1 Å². The summed E-state index contributed by atoms with van der Waals surface area (Å²) in [5, 5.41) is 1.40. The highest BCUT2D eigenvalue weighted by molar-refractivity contribution is 6.05. The van der Waals surface area contributed by atoms with E-state index >= 15 is 0 Å². The lowest BCUT2D eigenvalue weighted by atomic mass is 10.1. The first kappa shape index (κ1) is 11.0. The Kier molecular flexibility index (Phi) is 2.70. The molecular weight excluding hydrogens is 216 g/mol. The smallest absolute Gasteiger partial charge is 0.335 e. The van der Waals surface area contributed by atoms with Gasteiger partial charge in [0, 0.05) is 28.2 Å². The summed E-state index contributed by atoms with van der Waals surface area (Å²) in [6, 6.07) is 8.65. The summed E-state index contributed by atoms with van der Waals surface area (Å²) in [6.07, 6.45) is 1.10. The average molecular weight is 228 g/mol. The maximum absolute atomic E-state index is 11.2. The van der Waals surface area contributed by atoms with Gasteiger partial charge in [-0.25, -0.2) is 4.79 Å². The maximum Gasteiger partial charge on any atom is 0.335 e. The van der Waals surface area contributed by atoms with Crippen LogP contribution in [0.5, 0.6) is 5.75 Å². The van der Waals surface area contributed by atoms with Gasteiger partial charge in [0.05, 0.1) is 0 Å². The van der Waals surface area contributed by atoms with Crippen LogP contribution in [0.1, 0.15) is 0 Å². The molecule has 0 spiro atoms. The Morgan fingerprint density at radius 2 is 1.88 bits per heavy atom. The predicted molar refractivity (Wildman–Crippen MR) is 68.6 cm³/mol. The zero-order chi connectivity index (χ0) is 12.4. The zero-order valence-corrected chi connectivity index (χ0v) is 9.14. The van der Waals surface area contributed by atoms with Crippen LogP contribution in [0, 0.1) is 0 Å². The van der Waals surface area contributed by atoms with Gasteiger partial charge in [-0.2, -0.15) is 0 Å². The Bertz CT molecular complexity index is 606. The second kappa shape index (κ2) is 4.17. The summed E-state index contributed by atoms with van der Waals surface area (Å²) < 4.78 is 5.12. The number of fused-ring (bicyclic) bond motifs is 1. The van der Waals surface area contributed by atoms with Crippen molar-refractivity contribution in [3.8, 4) is 5.75 Å². The first-order valence-corrected chi connectivity index (χ1v) is 5.04. The normalized spacial score (nSPS) is 10.1. The Hall–Kier alpha value is -2.49. The van der Waals surface area contributed by atoms with E-state index in [1.165, 1.54) is 0 Å². The van der Waals surface area contributed by atoms with E-state index in [1.54, 1.807) is 24.3 Å². The van der Waals surface area contributed by atoms with Crippen LogP contribution in [0.2, 0.25) is 0 Å². The van der Waals surface area contributed by atoms with Gasteiger partial charge in [-0.1, -0.05) is 18.7 Å². The van der Waals surface area contributed by atoms with E-state index < -0.39 is 5.97 Å². The van der Waals surface area contributed by atoms with Crippen molar-refractivity contribution in [2.24, 2.45) is 0 Å². The Morgan fingerprint density at radius 3 is 2.59 bits per heavy atom. The highest BCUT2D eigenvalue weighted by Gasteiger charge is 2.09. The van der Waals surface area contributed by atoms with E-state index in [0.717, 1.165) is 11.5 Å². The quantitative estimate of drug-likeness (QED) is 0.357. The number of carbonyl (C=O) groups is 1. The molecule has 0 aliphatic rings. The van der Waals surface area contributed by atoms with E-state index in [9.17, 15) is 4.79 Å². The Balaban J connectivity index is 2.68. The van der Waals surface area contributed by atoms with Gasteiger partial charge in [0.25, 0.3) is 0 Å². The number of carbonyl (C=O) groups excluding carboxylic acids is 1. The molecule has 86 valence electrons. The summed E-state index contributed by atoms with van der Waals surface area (Å²) in [4.78, 5) is 11.2. The number of ether oxygens (including phenoxy) is 1. The molecule has 0 heterocycles. The van der Waals surface area contributed by atoms with E-state index in [4.69, 9.17) is 16.2 Å². The minimum Gasteiger partial charge on any atom is -0.423 e. The third kappa shape index (κ3) is 1.92. The lowest BCUT2D eigenvalue weighted by molar-refractivity contribution is -0.128. The fraction of sp³-hybridized carbons (Fsp3) is 0. The summed E-state index contributed by atoms with van der Waals surface area (Å²) in [7, 11) is 0. The molecule has 17 heavy (non-hydrogen) atoms. The second-order valence-electron chi connectivity index (χ2n) is 3.55. The fourth-order valence-electron chi connectivity index (χ4n) is 1.66. The first-order chi connectivity index (χ1) is 8.13. The SMILES string of the molecule is C=CC(=O)Oc1cccc2c(N)ccc(N)c12. The molecule has 0 aliphatic carbocycles. The molecule has 0 radical (unpaired) electrons. The summed E-state index contributed by atoms with van der Waals surface area (Å²) >= 11 is 0. The van der Waals surface area contributed by atoms with Gasteiger partial charge in [0.1, 0.15) is 5.75 Å². The number of nitrogen functional groups attached to an aromatic ring is 2. The van der Waals surface area contributed by atoms with E-state index in [0.29, 0.717) is 22.5 Å². The van der Waals surface area contributed by atoms with Crippen LogP contribution in [0.4, 0.5) is 11.4 Å². The minimum atomic E-state index is -0.528. The van der Waals surface area contributed by atoms with E-state index in [2.05, 4.69) is 6.58 Å². The number of nitrogens with two attached hydrogens (primary N) is 2. The molecule has 2 aromatic rings. The van der Waals surface area contributed by atoms with Gasteiger partial charge in [-0.3, -0.25) is 0 Å². The van der Waals surface area contributed by atoms with Crippen molar-refractivity contribution in [2.45, 2.75) is 0 Å². The molecule has 0 atom stereocenters. The lowest BCUT2D eigenvalue weighted by Crippen LogP contribution is -2.04.